The maximum absolute atomic E-state index is 14.2. The Kier molecular flexibility index (Phi) is 4.34. The average molecular weight is 306 g/mol. The van der Waals surface area contributed by atoms with Crippen LogP contribution in [-0.2, 0) is 9.53 Å². The third-order valence-corrected chi connectivity index (χ3v) is 4.60. The summed E-state index contributed by atoms with van der Waals surface area (Å²) in [5.41, 5.74) is 1.48. The molecule has 0 N–H and O–H groups in total. The summed E-state index contributed by atoms with van der Waals surface area (Å²) >= 11 is 0. The van der Waals surface area contributed by atoms with Gasteiger partial charge in [-0.05, 0) is 43.4 Å². The Bertz CT molecular complexity index is 560. The SMILES string of the molecule is COC(=O)[C@@H]1CN(c2ccc(C)cc2F)CCN1CC1CC1. The van der Waals surface area contributed by atoms with Gasteiger partial charge in [0, 0.05) is 26.2 Å². The number of nitrogens with zero attached hydrogens (tertiary/aromatic N) is 2. The van der Waals surface area contributed by atoms with Crippen molar-refractivity contribution in [1.82, 2.24) is 4.90 Å². The fourth-order valence-electron chi connectivity index (χ4n) is 3.12. The van der Waals surface area contributed by atoms with Crippen LogP contribution in [0.4, 0.5) is 10.1 Å². The summed E-state index contributed by atoms with van der Waals surface area (Å²) in [7, 11) is 1.42. The van der Waals surface area contributed by atoms with Crippen LogP contribution < -0.4 is 4.90 Å². The highest BCUT2D eigenvalue weighted by atomic mass is 19.1. The van der Waals surface area contributed by atoms with Crippen LogP contribution >= 0.6 is 0 Å². The van der Waals surface area contributed by atoms with Crippen molar-refractivity contribution in [3.05, 3.63) is 29.6 Å². The molecule has 22 heavy (non-hydrogen) atoms. The maximum atomic E-state index is 14.2. The molecule has 1 aromatic carbocycles. The van der Waals surface area contributed by atoms with Crippen molar-refractivity contribution in [3.8, 4) is 0 Å². The summed E-state index contributed by atoms with van der Waals surface area (Å²) < 4.78 is 19.1. The molecule has 0 amide bonds. The van der Waals surface area contributed by atoms with Crippen LogP contribution in [0.3, 0.4) is 0 Å². The quantitative estimate of drug-likeness (QED) is 0.799. The summed E-state index contributed by atoms with van der Waals surface area (Å²) in [5.74, 6) is 0.270. The zero-order valence-corrected chi connectivity index (χ0v) is 13.2. The molecule has 0 unspecified atom stereocenters. The van der Waals surface area contributed by atoms with E-state index >= 15 is 0 Å². The number of carbonyl (C=O) groups is 1. The second-order valence-corrected chi connectivity index (χ2v) is 6.38. The largest absolute Gasteiger partial charge is 0.468 e. The second kappa shape index (κ2) is 6.24. The van der Waals surface area contributed by atoms with E-state index in [0.717, 1.165) is 31.1 Å². The highest BCUT2D eigenvalue weighted by molar-refractivity contribution is 5.77. The molecule has 1 saturated carbocycles. The van der Waals surface area contributed by atoms with Crippen molar-refractivity contribution in [2.45, 2.75) is 25.8 Å². The minimum atomic E-state index is -0.306. The maximum Gasteiger partial charge on any atom is 0.324 e. The molecular weight excluding hydrogens is 283 g/mol. The van der Waals surface area contributed by atoms with E-state index in [0.29, 0.717) is 12.2 Å². The summed E-state index contributed by atoms with van der Waals surface area (Å²) in [4.78, 5) is 16.3. The topological polar surface area (TPSA) is 32.8 Å². The van der Waals surface area contributed by atoms with Gasteiger partial charge in [0.05, 0.1) is 12.8 Å². The van der Waals surface area contributed by atoms with Crippen LogP contribution in [0.2, 0.25) is 0 Å². The molecule has 0 bridgehead atoms. The van der Waals surface area contributed by atoms with E-state index in [1.54, 1.807) is 12.1 Å². The van der Waals surface area contributed by atoms with Gasteiger partial charge in [-0.2, -0.15) is 0 Å². The Morgan fingerprint density at radius 2 is 2.14 bits per heavy atom. The Morgan fingerprint density at radius 3 is 2.77 bits per heavy atom. The summed E-state index contributed by atoms with van der Waals surface area (Å²) in [6.07, 6.45) is 2.50. The molecule has 0 spiro atoms. The van der Waals surface area contributed by atoms with Gasteiger partial charge in [0.2, 0.25) is 0 Å². The number of halogens is 1. The molecule has 2 fully saturated rings. The zero-order chi connectivity index (χ0) is 15.7. The number of benzene rings is 1. The molecule has 120 valence electrons. The van der Waals surface area contributed by atoms with E-state index in [1.165, 1.54) is 20.0 Å². The van der Waals surface area contributed by atoms with Crippen molar-refractivity contribution in [1.29, 1.82) is 0 Å². The van der Waals surface area contributed by atoms with Crippen molar-refractivity contribution >= 4 is 11.7 Å². The van der Waals surface area contributed by atoms with Crippen molar-refractivity contribution in [3.63, 3.8) is 0 Å². The monoisotopic (exact) mass is 306 g/mol. The molecule has 2 aliphatic rings. The fraction of sp³-hybridized carbons (Fsp3) is 0.588. The average Bonchev–Trinajstić information content (AvgIpc) is 3.31. The normalized spacial score (nSPS) is 22.7. The highest BCUT2D eigenvalue weighted by Gasteiger charge is 2.36. The van der Waals surface area contributed by atoms with Crippen molar-refractivity contribution in [2.75, 3.05) is 38.2 Å². The lowest BCUT2D eigenvalue weighted by Crippen LogP contribution is -2.57. The van der Waals surface area contributed by atoms with E-state index in [4.69, 9.17) is 4.74 Å². The molecule has 0 aromatic heterocycles. The number of esters is 1. The molecular formula is C17H23FN2O2. The number of carbonyl (C=O) groups excluding carboxylic acids is 1. The molecule has 1 heterocycles. The number of piperazine rings is 1. The van der Waals surface area contributed by atoms with Crippen molar-refractivity contribution in [2.24, 2.45) is 5.92 Å². The molecule has 5 heteroatoms. The molecule has 1 aromatic rings. The summed E-state index contributed by atoms with van der Waals surface area (Å²) in [6, 6.07) is 4.94. The van der Waals surface area contributed by atoms with Gasteiger partial charge >= 0.3 is 5.97 Å². The van der Waals surface area contributed by atoms with E-state index in [1.807, 2.05) is 17.9 Å². The first-order chi connectivity index (χ1) is 10.6. The minimum absolute atomic E-state index is 0.223. The number of ether oxygens (including phenoxy) is 1. The van der Waals surface area contributed by atoms with Crippen molar-refractivity contribution < 1.29 is 13.9 Å². The number of rotatable bonds is 4. The molecule has 3 rings (SSSR count). The van der Waals surface area contributed by atoms with E-state index < -0.39 is 0 Å². The van der Waals surface area contributed by atoms with E-state index in [9.17, 15) is 9.18 Å². The van der Waals surface area contributed by atoms with Gasteiger partial charge in [-0.1, -0.05) is 6.07 Å². The number of aryl methyl sites for hydroxylation is 1. The van der Waals surface area contributed by atoms with Crippen LogP contribution in [0.15, 0.2) is 18.2 Å². The fourth-order valence-corrected chi connectivity index (χ4v) is 3.12. The summed E-state index contributed by atoms with van der Waals surface area (Å²) in [6.45, 7) is 4.81. The van der Waals surface area contributed by atoms with Crippen LogP contribution in [-0.4, -0.2) is 50.2 Å². The first kappa shape index (κ1) is 15.3. The Morgan fingerprint density at radius 1 is 1.36 bits per heavy atom. The van der Waals surface area contributed by atoms with Gasteiger partial charge in [-0.25, -0.2) is 4.39 Å². The molecule has 1 aliphatic heterocycles. The second-order valence-electron chi connectivity index (χ2n) is 6.38. The molecule has 1 aliphatic carbocycles. The van der Waals surface area contributed by atoms with Crippen LogP contribution in [0.25, 0.3) is 0 Å². The van der Waals surface area contributed by atoms with Gasteiger partial charge in [0.1, 0.15) is 11.9 Å². The minimum Gasteiger partial charge on any atom is -0.468 e. The molecule has 0 radical (unpaired) electrons. The number of anilines is 1. The summed E-state index contributed by atoms with van der Waals surface area (Å²) in [5, 5.41) is 0. The Hall–Kier alpha value is -1.62. The van der Waals surface area contributed by atoms with Gasteiger partial charge in [0.15, 0.2) is 0 Å². The lowest BCUT2D eigenvalue weighted by Gasteiger charge is -2.41. The lowest BCUT2D eigenvalue weighted by atomic mass is 10.1. The van der Waals surface area contributed by atoms with Crippen LogP contribution in [0.1, 0.15) is 18.4 Å². The predicted octanol–water partition coefficient (Wildman–Crippen LogP) is 2.21. The standard InChI is InChI=1S/C17H23FN2O2/c1-12-3-6-15(14(18)9-12)20-8-7-19(10-13-4-5-13)16(11-20)17(21)22-2/h3,6,9,13,16H,4-5,7-8,10-11H2,1-2H3/t16-/m0/s1. The zero-order valence-electron chi connectivity index (χ0n) is 13.2. The van der Waals surface area contributed by atoms with Gasteiger partial charge in [0.25, 0.3) is 0 Å². The first-order valence-electron chi connectivity index (χ1n) is 7.91. The van der Waals surface area contributed by atoms with Gasteiger partial charge in [-0.3, -0.25) is 9.69 Å². The third-order valence-electron chi connectivity index (χ3n) is 4.60. The Labute approximate surface area is 130 Å². The highest BCUT2D eigenvalue weighted by Crippen LogP contribution is 2.32. The van der Waals surface area contributed by atoms with Crippen LogP contribution in [0, 0.1) is 18.7 Å². The molecule has 1 atom stereocenters. The number of hydrogen-bond acceptors (Lipinski definition) is 4. The van der Waals surface area contributed by atoms with Crippen LogP contribution in [0.5, 0.6) is 0 Å². The predicted molar refractivity (Wildman–Crippen MR) is 83.5 cm³/mol. The molecule has 4 nitrogen and oxygen atoms in total. The van der Waals surface area contributed by atoms with Gasteiger partial charge in [-0.15, -0.1) is 0 Å². The lowest BCUT2D eigenvalue weighted by molar-refractivity contribution is -0.147. The Balaban J connectivity index is 1.76. The van der Waals surface area contributed by atoms with E-state index in [-0.39, 0.29) is 17.8 Å². The molecule has 1 saturated heterocycles. The smallest absolute Gasteiger partial charge is 0.324 e. The van der Waals surface area contributed by atoms with Gasteiger partial charge < -0.3 is 9.64 Å². The van der Waals surface area contributed by atoms with E-state index in [2.05, 4.69) is 4.90 Å². The first-order valence-corrected chi connectivity index (χ1v) is 7.91. The third kappa shape index (κ3) is 3.24. The number of hydrogen-bond donors (Lipinski definition) is 0. The number of methoxy groups -OCH3 is 1.